The third-order valence-electron chi connectivity index (χ3n) is 2.16. The first-order valence-corrected chi connectivity index (χ1v) is 6.41. The van der Waals surface area contributed by atoms with Gasteiger partial charge in [-0.15, -0.1) is 11.3 Å². The van der Waals surface area contributed by atoms with Crippen molar-refractivity contribution in [2.45, 2.75) is 39.2 Å². The Morgan fingerprint density at radius 1 is 1.33 bits per heavy atom. The van der Waals surface area contributed by atoms with E-state index >= 15 is 0 Å². The van der Waals surface area contributed by atoms with Crippen molar-refractivity contribution in [2.75, 3.05) is 13.2 Å². The van der Waals surface area contributed by atoms with Crippen molar-refractivity contribution in [1.82, 2.24) is 0 Å². The van der Waals surface area contributed by atoms with E-state index in [9.17, 15) is 5.11 Å². The molecule has 0 aliphatic rings. The maximum Gasteiger partial charge on any atom is 0.0821 e. The van der Waals surface area contributed by atoms with Gasteiger partial charge in [-0.2, -0.15) is 0 Å². The van der Waals surface area contributed by atoms with Gasteiger partial charge in [0.2, 0.25) is 0 Å². The first kappa shape index (κ1) is 12.7. The number of aliphatic hydroxyl groups is 1. The molecule has 86 valence electrons. The third kappa shape index (κ3) is 4.78. The molecule has 0 amide bonds. The van der Waals surface area contributed by atoms with E-state index in [-0.39, 0.29) is 6.10 Å². The van der Waals surface area contributed by atoms with Gasteiger partial charge in [0.15, 0.2) is 0 Å². The second kappa shape index (κ2) is 6.99. The lowest BCUT2D eigenvalue weighted by atomic mass is 10.2. The van der Waals surface area contributed by atoms with Crippen LogP contribution in [0.1, 0.15) is 30.0 Å². The molecule has 0 radical (unpaired) electrons. The van der Waals surface area contributed by atoms with Crippen molar-refractivity contribution < 1.29 is 9.84 Å². The molecule has 3 heteroatoms. The molecule has 1 unspecified atom stereocenters. The minimum absolute atomic E-state index is 0.361. The Balaban J connectivity index is 2.27. The monoisotopic (exact) mass is 228 g/mol. The molecule has 0 aliphatic carbocycles. The molecule has 0 saturated heterocycles. The average molecular weight is 228 g/mol. The second-order valence-electron chi connectivity index (χ2n) is 3.65. The largest absolute Gasteiger partial charge is 0.390 e. The van der Waals surface area contributed by atoms with E-state index in [0.717, 1.165) is 19.4 Å². The maximum atomic E-state index is 9.69. The number of thiophene rings is 1. The standard InChI is InChI=1S/C12H20O2S/c1-3-7-14-9-10(13)8-12-6-5-11(4-2)15-12/h5-6,10,13H,3-4,7-9H2,1-2H3. The van der Waals surface area contributed by atoms with E-state index < -0.39 is 0 Å². The minimum atomic E-state index is -0.361. The lowest BCUT2D eigenvalue weighted by molar-refractivity contribution is 0.0378. The molecule has 0 aliphatic heterocycles. The van der Waals surface area contributed by atoms with Crippen LogP contribution < -0.4 is 0 Å². The van der Waals surface area contributed by atoms with Crippen molar-refractivity contribution in [3.8, 4) is 0 Å². The summed E-state index contributed by atoms with van der Waals surface area (Å²) in [6, 6.07) is 4.24. The molecule has 1 N–H and O–H groups in total. The Kier molecular flexibility index (Phi) is 5.91. The van der Waals surface area contributed by atoms with E-state index in [1.165, 1.54) is 9.75 Å². The first-order valence-electron chi connectivity index (χ1n) is 5.59. The van der Waals surface area contributed by atoms with Gasteiger partial charge in [0.25, 0.3) is 0 Å². The van der Waals surface area contributed by atoms with E-state index in [2.05, 4.69) is 26.0 Å². The summed E-state index contributed by atoms with van der Waals surface area (Å²) in [5.41, 5.74) is 0. The van der Waals surface area contributed by atoms with E-state index in [1.807, 2.05) is 0 Å². The Hall–Kier alpha value is -0.380. The first-order chi connectivity index (χ1) is 7.26. The van der Waals surface area contributed by atoms with Crippen molar-refractivity contribution in [2.24, 2.45) is 0 Å². The fraction of sp³-hybridized carbons (Fsp3) is 0.667. The van der Waals surface area contributed by atoms with Crippen molar-refractivity contribution in [1.29, 1.82) is 0 Å². The van der Waals surface area contributed by atoms with E-state index in [1.54, 1.807) is 11.3 Å². The van der Waals surface area contributed by atoms with Crippen molar-refractivity contribution in [3.05, 3.63) is 21.9 Å². The Morgan fingerprint density at radius 3 is 2.67 bits per heavy atom. The van der Waals surface area contributed by atoms with Crippen LogP contribution in [0.15, 0.2) is 12.1 Å². The van der Waals surface area contributed by atoms with E-state index in [4.69, 9.17) is 4.74 Å². The fourth-order valence-corrected chi connectivity index (χ4v) is 2.41. The summed E-state index contributed by atoms with van der Waals surface area (Å²) in [5.74, 6) is 0. The Morgan fingerprint density at radius 2 is 2.07 bits per heavy atom. The van der Waals surface area contributed by atoms with Gasteiger partial charge < -0.3 is 9.84 Å². The highest BCUT2D eigenvalue weighted by Gasteiger charge is 2.07. The number of rotatable bonds is 7. The Labute approximate surface area is 95.9 Å². The molecule has 1 aromatic rings. The minimum Gasteiger partial charge on any atom is -0.390 e. The molecule has 1 heterocycles. The van der Waals surface area contributed by atoms with Crippen LogP contribution in [-0.4, -0.2) is 24.4 Å². The van der Waals surface area contributed by atoms with Gasteiger partial charge in [-0.1, -0.05) is 13.8 Å². The molecule has 2 nitrogen and oxygen atoms in total. The number of aryl methyl sites for hydroxylation is 1. The predicted molar refractivity (Wildman–Crippen MR) is 64.5 cm³/mol. The summed E-state index contributed by atoms with van der Waals surface area (Å²) in [6.45, 7) is 5.41. The van der Waals surface area contributed by atoms with Gasteiger partial charge in [-0.3, -0.25) is 0 Å². The summed E-state index contributed by atoms with van der Waals surface area (Å²) in [6.07, 6.45) is 2.44. The maximum absolute atomic E-state index is 9.69. The summed E-state index contributed by atoms with van der Waals surface area (Å²) in [5, 5.41) is 9.69. The lowest BCUT2D eigenvalue weighted by Gasteiger charge is -2.09. The molecular weight excluding hydrogens is 208 g/mol. The van der Waals surface area contributed by atoms with Gasteiger partial charge in [0, 0.05) is 22.8 Å². The summed E-state index contributed by atoms with van der Waals surface area (Å²) < 4.78 is 5.30. The molecule has 0 spiro atoms. The fourth-order valence-electron chi connectivity index (χ4n) is 1.38. The van der Waals surface area contributed by atoms with Crippen LogP contribution in [0, 0.1) is 0 Å². The van der Waals surface area contributed by atoms with Gasteiger partial charge >= 0.3 is 0 Å². The topological polar surface area (TPSA) is 29.5 Å². The highest BCUT2D eigenvalue weighted by atomic mass is 32.1. The molecule has 0 aromatic carbocycles. The SMILES string of the molecule is CCCOCC(O)Cc1ccc(CC)s1. The van der Waals surface area contributed by atoms with Crippen LogP contribution in [0.2, 0.25) is 0 Å². The molecule has 1 rings (SSSR count). The predicted octanol–water partition coefficient (Wildman–Crippen LogP) is 2.64. The molecule has 1 aromatic heterocycles. The van der Waals surface area contributed by atoms with Crippen molar-refractivity contribution >= 4 is 11.3 Å². The smallest absolute Gasteiger partial charge is 0.0821 e. The molecule has 0 bridgehead atoms. The van der Waals surface area contributed by atoms with Crippen molar-refractivity contribution in [3.63, 3.8) is 0 Å². The van der Waals surface area contributed by atoms with Gasteiger partial charge in [-0.05, 0) is 25.0 Å². The number of aliphatic hydroxyl groups excluding tert-OH is 1. The molecule has 1 atom stereocenters. The number of hydrogen-bond acceptors (Lipinski definition) is 3. The van der Waals surface area contributed by atoms with Gasteiger partial charge in [0.1, 0.15) is 0 Å². The molecule has 15 heavy (non-hydrogen) atoms. The Bertz CT molecular complexity index is 270. The molecule has 0 fully saturated rings. The summed E-state index contributed by atoms with van der Waals surface area (Å²) in [7, 11) is 0. The van der Waals surface area contributed by atoms with Crippen LogP contribution in [0.4, 0.5) is 0 Å². The third-order valence-corrected chi connectivity index (χ3v) is 3.41. The second-order valence-corrected chi connectivity index (χ2v) is 4.91. The zero-order valence-corrected chi connectivity index (χ0v) is 10.3. The highest BCUT2D eigenvalue weighted by molar-refractivity contribution is 7.11. The number of hydrogen-bond donors (Lipinski definition) is 1. The van der Waals surface area contributed by atoms with Gasteiger partial charge in [-0.25, -0.2) is 0 Å². The zero-order chi connectivity index (χ0) is 11.1. The van der Waals surface area contributed by atoms with Crippen LogP contribution in [0.5, 0.6) is 0 Å². The van der Waals surface area contributed by atoms with Crippen LogP contribution >= 0.6 is 11.3 Å². The summed E-state index contributed by atoms with van der Waals surface area (Å²) in [4.78, 5) is 2.63. The average Bonchev–Trinajstić information content (AvgIpc) is 2.66. The number of ether oxygens (including phenoxy) is 1. The van der Waals surface area contributed by atoms with E-state index in [0.29, 0.717) is 13.0 Å². The molecular formula is C12H20O2S. The zero-order valence-electron chi connectivity index (χ0n) is 9.53. The quantitative estimate of drug-likeness (QED) is 0.727. The summed E-state index contributed by atoms with van der Waals surface area (Å²) >= 11 is 1.78. The highest BCUT2D eigenvalue weighted by Crippen LogP contribution is 2.18. The van der Waals surface area contributed by atoms with Crippen LogP contribution in [0.25, 0.3) is 0 Å². The van der Waals surface area contributed by atoms with Crippen LogP contribution in [-0.2, 0) is 17.6 Å². The van der Waals surface area contributed by atoms with Crippen LogP contribution in [0.3, 0.4) is 0 Å². The lowest BCUT2D eigenvalue weighted by Crippen LogP contribution is -2.17. The normalized spacial score (nSPS) is 13.0. The molecule has 0 saturated carbocycles. The van der Waals surface area contributed by atoms with Gasteiger partial charge in [0.05, 0.1) is 12.7 Å².